The van der Waals surface area contributed by atoms with E-state index in [0.29, 0.717) is 20.5 Å². The number of carbonyl (C=O) groups excluding carboxylic acids is 2. The number of fused-ring (bicyclic) bond motifs is 2. The van der Waals surface area contributed by atoms with Gasteiger partial charge in [0.2, 0.25) is 5.91 Å². The third-order valence-electron chi connectivity index (χ3n) is 9.65. The molecule has 0 bridgehead atoms. The second kappa shape index (κ2) is 13.9. The zero-order chi connectivity index (χ0) is 39.6. The van der Waals surface area contributed by atoms with E-state index in [2.05, 4.69) is 15.4 Å². The van der Waals surface area contributed by atoms with Gasteiger partial charge in [0.1, 0.15) is 34.7 Å². The topological polar surface area (TPSA) is 116 Å². The molecule has 6 aromatic rings. The number of amides is 2. The molecular weight excluding hydrogens is 757 g/mol. The molecule has 17 heteroatoms. The lowest BCUT2D eigenvalue weighted by atomic mass is 9.94. The standard InChI is InChI=1S/C38H28F8N6O2S/c1-17-18(2)37(42,43)33-30(17)32(38(44,45)46)51-52(33)16-29(53)48-27(12-19-10-22(39)14-23(40)11-19)31-24(21-8-9-26(41)25(13-21)34(47)54)15-28-35(49-31)50-36(55-28)20-6-4-3-5-7-20/h3-11,13-15,17-18,27H,12,16H2,1-2H3,(H2,47,54)(H,48,53)/t17-,18+,27?/m0/s1. The van der Waals surface area contributed by atoms with E-state index in [0.717, 1.165) is 36.8 Å². The quantitative estimate of drug-likeness (QED) is 0.142. The Morgan fingerprint density at radius 2 is 1.64 bits per heavy atom. The summed E-state index contributed by atoms with van der Waals surface area (Å²) in [5, 5.41) is 6.56. The maximum atomic E-state index is 15.5. The average molecular weight is 785 g/mol. The van der Waals surface area contributed by atoms with Crippen LogP contribution in [0, 0.1) is 23.4 Å². The maximum Gasteiger partial charge on any atom is 0.435 e. The van der Waals surface area contributed by atoms with Crippen LogP contribution in [0.1, 0.15) is 64.4 Å². The fraction of sp³-hybridized carbons (Fsp3) is 0.237. The Balaban J connectivity index is 1.38. The molecule has 0 aliphatic heterocycles. The number of carbonyl (C=O) groups is 2. The molecular formula is C38H28F8N6O2S. The Bertz CT molecular complexity index is 2460. The van der Waals surface area contributed by atoms with Crippen LogP contribution in [0.5, 0.6) is 0 Å². The molecule has 0 radical (unpaired) electrons. The van der Waals surface area contributed by atoms with E-state index in [9.17, 15) is 35.9 Å². The normalized spacial score (nSPS) is 17.0. The molecule has 7 rings (SSSR count). The van der Waals surface area contributed by atoms with Gasteiger partial charge in [-0.1, -0.05) is 50.2 Å². The first-order valence-corrected chi connectivity index (χ1v) is 17.5. The fourth-order valence-electron chi connectivity index (χ4n) is 6.88. The molecule has 8 nitrogen and oxygen atoms in total. The van der Waals surface area contributed by atoms with Crippen LogP contribution in [0.2, 0.25) is 0 Å². The molecule has 55 heavy (non-hydrogen) atoms. The SMILES string of the molecule is C[C@@H]1c2c(C(F)(F)F)nn(CC(=O)NC(Cc3cc(F)cc(F)c3)c3nc4nc(-c5ccccc5)sc4cc3-c3ccc(F)c(C(N)=O)c3)c2C(F)(F)[C@@H]1C. The molecule has 1 aliphatic rings. The molecule has 2 amide bonds. The van der Waals surface area contributed by atoms with Crippen LogP contribution in [0.4, 0.5) is 35.1 Å². The third kappa shape index (κ3) is 7.03. The van der Waals surface area contributed by atoms with Gasteiger partial charge in [-0.05, 0) is 53.8 Å². The van der Waals surface area contributed by atoms with Crippen molar-refractivity contribution in [2.24, 2.45) is 11.7 Å². The summed E-state index contributed by atoms with van der Waals surface area (Å²) in [6, 6.07) is 15.3. The molecule has 0 saturated heterocycles. The maximum absolute atomic E-state index is 15.5. The number of halogens is 8. The highest BCUT2D eigenvalue weighted by Gasteiger charge is 2.57. The second-order valence-corrected chi connectivity index (χ2v) is 14.3. The number of nitrogens with zero attached hydrogens (tertiary/aromatic N) is 4. The summed E-state index contributed by atoms with van der Waals surface area (Å²) in [7, 11) is 0. The summed E-state index contributed by atoms with van der Waals surface area (Å²) in [4.78, 5) is 35.4. The first-order valence-electron chi connectivity index (χ1n) is 16.7. The number of hydrogen-bond acceptors (Lipinski definition) is 6. The molecule has 3 heterocycles. The number of aromatic nitrogens is 4. The molecule has 3 aromatic carbocycles. The van der Waals surface area contributed by atoms with Crippen molar-refractivity contribution in [1.82, 2.24) is 25.1 Å². The predicted octanol–water partition coefficient (Wildman–Crippen LogP) is 8.70. The first kappa shape index (κ1) is 37.6. The number of alkyl halides is 5. The van der Waals surface area contributed by atoms with Crippen LogP contribution in [0.25, 0.3) is 32.0 Å². The lowest BCUT2D eigenvalue weighted by molar-refractivity contribution is -0.143. The second-order valence-electron chi connectivity index (χ2n) is 13.3. The highest BCUT2D eigenvalue weighted by atomic mass is 32.1. The smallest absolute Gasteiger partial charge is 0.366 e. The van der Waals surface area contributed by atoms with Gasteiger partial charge in [0.15, 0.2) is 11.3 Å². The number of thiazole rings is 1. The number of rotatable bonds is 9. The van der Waals surface area contributed by atoms with E-state index < -0.39 is 88.3 Å². The lowest BCUT2D eigenvalue weighted by Gasteiger charge is -2.23. The van der Waals surface area contributed by atoms with E-state index in [4.69, 9.17) is 10.7 Å². The van der Waals surface area contributed by atoms with E-state index in [-0.39, 0.29) is 34.5 Å². The molecule has 284 valence electrons. The van der Waals surface area contributed by atoms with Crippen molar-refractivity contribution in [3.8, 4) is 21.7 Å². The van der Waals surface area contributed by atoms with Gasteiger partial charge in [-0.3, -0.25) is 14.3 Å². The summed E-state index contributed by atoms with van der Waals surface area (Å²) in [5.74, 6) is -11.6. The average Bonchev–Trinajstić information content (AvgIpc) is 3.76. The Hall–Kier alpha value is -5.71. The van der Waals surface area contributed by atoms with Crippen molar-refractivity contribution in [2.75, 3.05) is 0 Å². The summed E-state index contributed by atoms with van der Waals surface area (Å²) in [5.41, 5.74) is 2.90. The van der Waals surface area contributed by atoms with Gasteiger partial charge in [0.05, 0.1) is 22.0 Å². The zero-order valence-corrected chi connectivity index (χ0v) is 29.5. The first-order chi connectivity index (χ1) is 25.9. The molecule has 3 N–H and O–H groups in total. The predicted molar refractivity (Wildman–Crippen MR) is 186 cm³/mol. The van der Waals surface area contributed by atoms with Crippen molar-refractivity contribution < 1.29 is 44.7 Å². The molecule has 1 unspecified atom stereocenters. The lowest BCUT2D eigenvalue weighted by Crippen LogP contribution is -2.35. The van der Waals surface area contributed by atoms with Crippen LogP contribution in [-0.4, -0.2) is 31.6 Å². The van der Waals surface area contributed by atoms with E-state index in [1.54, 1.807) is 30.3 Å². The van der Waals surface area contributed by atoms with Gasteiger partial charge in [-0.25, -0.2) is 23.1 Å². The van der Waals surface area contributed by atoms with Crippen LogP contribution in [0.3, 0.4) is 0 Å². The highest BCUT2D eigenvalue weighted by Crippen LogP contribution is 2.55. The summed E-state index contributed by atoms with van der Waals surface area (Å²) in [6.45, 7) is 1.23. The fourth-order valence-corrected chi connectivity index (χ4v) is 7.83. The minimum absolute atomic E-state index is 0.00403. The Morgan fingerprint density at radius 3 is 2.29 bits per heavy atom. The van der Waals surface area contributed by atoms with Gasteiger partial charge < -0.3 is 11.1 Å². The molecule has 3 aromatic heterocycles. The van der Waals surface area contributed by atoms with Gasteiger partial charge in [0.25, 0.3) is 11.8 Å². The molecule has 0 saturated carbocycles. The van der Waals surface area contributed by atoms with E-state index in [1.807, 2.05) is 6.07 Å². The molecule has 3 atom stereocenters. The summed E-state index contributed by atoms with van der Waals surface area (Å²) < 4.78 is 118. The zero-order valence-electron chi connectivity index (χ0n) is 28.7. The van der Waals surface area contributed by atoms with Crippen molar-refractivity contribution >= 4 is 33.5 Å². The minimum atomic E-state index is -5.11. The number of nitrogens with two attached hydrogens (primary N) is 1. The van der Waals surface area contributed by atoms with Crippen molar-refractivity contribution in [3.05, 3.63) is 124 Å². The van der Waals surface area contributed by atoms with Crippen molar-refractivity contribution in [1.29, 1.82) is 0 Å². The summed E-state index contributed by atoms with van der Waals surface area (Å²) in [6.07, 6.45) is -5.50. The number of hydrogen-bond donors (Lipinski definition) is 2. The van der Waals surface area contributed by atoms with Crippen molar-refractivity contribution in [2.45, 2.75) is 50.9 Å². The van der Waals surface area contributed by atoms with Crippen LogP contribution < -0.4 is 11.1 Å². The number of benzene rings is 3. The van der Waals surface area contributed by atoms with Crippen LogP contribution >= 0.6 is 11.3 Å². The number of primary amides is 1. The molecule has 0 spiro atoms. The van der Waals surface area contributed by atoms with Crippen LogP contribution in [-0.2, 0) is 29.9 Å². The minimum Gasteiger partial charge on any atom is -0.366 e. The third-order valence-corrected chi connectivity index (χ3v) is 10.7. The van der Waals surface area contributed by atoms with E-state index >= 15 is 8.78 Å². The monoisotopic (exact) mass is 784 g/mol. The van der Waals surface area contributed by atoms with E-state index in [1.165, 1.54) is 24.3 Å². The van der Waals surface area contributed by atoms with Gasteiger partial charge >= 0.3 is 6.18 Å². The Labute approximate surface area is 311 Å². The van der Waals surface area contributed by atoms with Gasteiger partial charge in [-0.2, -0.15) is 27.1 Å². The van der Waals surface area contributed by atoms with Crippen molar-refractivity contribution in [3.63, 3.8) is 0 Å². The number of nitrogens with one attached hydrogen (secondary N) is 1. The Morgan fingerprint density at radius 1 is 0.945 bits per heavy atom. The van der Waals surface area contributed by atoms with Gasteiger partial charge in [0, 0.05) is 28.7 Å². The van der Waals surface area contributed by atoms with Crippen LogP contribution in [0.15, 0.2) is 72.8 Å². The number of pyridine rings is 1. The Kier molecular flexibility index (Phi) is 9.47. The summed E-state index contributed by atoms with van der Waals surface area (Å²) >= 11 is 1.23. The largest absolute Gasteiger partial charge is 0.435 e. The van der Waals surface area contributed by atoms with Gasteiger partial charge in [-0.15, -0.1) is 11.3 Å². The molecule has 0 fully saturated rings. The highest BCUT2D eigenvalue weighted by molar-refractivity contribution is 7.21. The molecule has 1 aliphatic carbocycles.